The molecule has 1 N–H and O–H groups in total. The quantitative estimate of drug-likeness (QED) is 0.791. The number of benzene rings is 2. The third-order valence-electron chi connectivity index (χ3n) is 5.36. The van der Waals surface area contributed by atoms with E-state index in [1.54, 1.807) is 30.0 Å². The summed E-state index contributed by atoms with van der Waals surface area (Å²) in [5, 5.41) is 3.07. The first-order valence-corrected chi connectivity index (χ1v) is 9.92. The Bertz CT molecular complexity index is 803. The van der Waals surface area contributed by atoms with E-state index in [4.69, 9.17) is 0 Å². The number of carbonyl (C=O) groups excluding carboxylic acids is 2. The van der Waals surface area contributed by atoms with Crippen LogP contribution >= 0.6 is 0 Å². The molecule has 1 aliphatic carbocycles. The molecule has 0 heterocycles. The molecule has 1 saturated carbocycles. The van der Waals surface area contributed by atoms with Gasteiger partial charge in [-0.1, -0.05) is 61.4 Å². The number of amides is 2. The SMILES string of the molecule is CC(C(=O)NC1CCCC1)N(Cc1ccccc1)C(=O)Cc1ccccc1F. The molecular weight excluding hydrogens is 355 g/mol. The van der Waals surface area contributed by atoms with Gasteiger partial charge in [-0.25, -0.2) is 4.39 Å². The monoisotopic (exact) mass is 382 g/mol. The predicted octanol–water partition coefficient (Wildman–Crippen LogP) is 3.84. The summed E-state index contributed by atoms with van der Waals surface area (Å²) in [7, 11) is 0. The molecule has 0 aromatic heterocycles. The zero-order valence-corrected chi connectivity index (χ0v) is 16.2. The van der Waals surface area contributed by atoms with Crippen molar-refractivity contribution in [3.63, 3.8) is 0 Å². The van der Waals surface area contributed by atoms with E-state index in [0.29, 0.717) is 12.1 Å². The molecule has 1 fully saturated rings. The van der Waals surface area contributed by atoms with E-state index < -0.39 is 11.9 Å². The second kappa shape index (κ2) is 9.49. The zero-order valence-electron chi connectivity index (χ0n) is 16.2. The average Bonchev–Trinajstić information content (AvgIpc) is 3.21. The Labute approximate surface area is 165 Å². The average molecular weight is 382 g/mol. The minimum atomic E-state index is -0.625. The highest BCUT2D eigenvalue weighted by Gasteiger charge is 2.28. The maximum atomic E-state index is 14.0. The van der Waals surface area contributed by atoms with Crippen LogP contribution in [-0.2, 0) is 22.6 Å². The Kier molecular flexibility index (Phi) is 6.80. The minimum absolute atomic E-state index is 0.0689. The van der Waals surface area contributed by atoms with Gasteiger partial charge < -0.3 is 10.2 Å². The topological polar surface area (TPSA) is 49.4 Å². The summed E-state index contributed by atoms with van der Waals surface area (Å²) in [6.45, 7) is 2.06. The summed E-state index contributed by atoms with van der Waals surface area (Å²) in [4.78, 5) is 27.4. The number of hydrogen-bond acceptors (Lipinski definition) is 2. The second-order valence-electron chi connectivity index (χ2n) is 7.44. The molecule has 1 unspecified atom stereocenters. The van der Waals surface area contributed by atoms with Gasteiger partial charge in [-0.15, -0.1) is 0 Å². The fourth-order valence-corrected chi connectivity index (χ4v) is 3.66. The highest BCUT2D eigenvalue weighted by atomic mass is 19.1. The molecule has 0 spiro atoms. The molecule has 0 radical (unpaired) electrons. The summed E-state index contributed by atoms with van der Waals surface area (Å²) in [6.07, 6.45) is 4.15. The van der Waals surface area contributed by atoms with Crippen molar-refractivity contribution in [3.8, 4) is 0 Å². The van der Waals surface area contributed by atoms with Crippen LogP contribution in [0.4, 0.5) is 4.39 Å². The number of hydrogen-bond donors (Lipinski definition) is 1. The van der Waals surface area contributed by atoms with Crippen LogP contribution in [-0.4, -0.2) is 28.8 Å². The summed E-state index contributed by atoms with van der Waals surface area (Å²) in [5.41, 5.74) is 1.28. The van der Waals surface area contributed by atoms with Crippen LogP contribution in [0.2, 0.25) is 0 Å². The van der Waals surface area contributed by atoms with Gasteiger partial charge in [0.25, 0.3) is 0 Å². The number of carbonyl (C=O) groups is 2. The molecule has 4 nitrogen and oxygen atoms in total. The first-order chi connectivity index (χ1) is 13.5. The van der Waals surface area contributed by atoms with E-state index >= 15 is 0 Å². The van der Waals surface area contributed by atoms with Crippen LogP contribution < -0.4 is 5.32 Å². The lowest BCUT2D eigenvalue weighted by Gasteiger charge is -2.30. The van der Waals surface area contributed by atoms with E-state index in [0.717, 1.165) is 31.2 Å². The predicted molar refractivity (Wildman–Crippen MR) is 107 cm³/mol. The van der Waals surface area contributed by atoms with Gasteiger partial charge in [0.05, 0.1) is 6.42 Å². The van der Waals surface area contributed by atoms with E-state index in [1.165, 1.54) is 6.07 Å². The summed E-state index contributed by atoms with van der Waals surface area (Å²) in [6, 6.07) is 15.4. The molecule has 148 valence electrons. The van der Waals surface area contributed by atoms with Crippen molar-refractivity contribution in [2.75, 3.05) is 0 Å². The van der Waals surface area contributed by atoms with Crippen LogP contribution in [0.1, 0.15) is 43.7 Å². The second-order valence-corrected chi connectivity index (χ2v) is 7.44. The lowest BCUT2D eigenvalue weighted by Crippen LogP contribution is -2.50. The van der Waals surface area contributed by atoms with Gasteiger partial charge in [-0.3, -0.25) is 9.59 Å². The number of nitrogens with zero attached hydrogens (tertiary/aromatic N) is 1. The third-order valence-corrected chi connectivity index (χ3v) is 5.36. The van der Waals surface area contributed by atoms with Crippen LogP contribution in [0.15, 0.2) is 54.6 Å². The van der Waals surface area contributed by atoms with Crippen LogP contribution in [0.3, 0.4) is 0 Å². The maximum absolute atomic E-state index is 14.0. The van der Waals surface area contributed by atoms with Crippen LogP contribution in [0, 0.1) is 5.82 Å². The van der Waals surface area contributed by atoms with E-state index in [9.17, 15) is 14.0 Å². The Balaban J connectivity index is 1.76. The number of nitrogens with one attached hydrogen (secondary N) is 1. The van der Waals surface area contributed by atoms with Crippen molar-refractivity contribution in [2.24, 2.45) is 0 Å². The summed E-state index contributed by atoms with van der Waals surface area (Å²) < 4.78 is 14.0. The van der Waals surface area contributed by atoms with Crippen molar-refractivity contribution in [2.45, 2.75) is 57.7 Å². The van der Waals surface area contributed by atoms with Crippen molar-refractivity contribution >= 4 is 11.8 Å². The zero-order chi connectivity index (χ0) is 19.9. The first-order valence-electron chi connectivity index (χ1n) is 9.92. The third kappa shape index (κ3) is 5.18. The largest absolute Gasteiger partial charge is 0.352 e. The van der Waals surface area contributed by atoms with Gasteiger partial charge in [0.15, 0.2) is 0 Å². The van der Waals surface area contributed by atoms with Crippen molar-refractivity contribution in [1.82, 2.24) is 10.2 Å². The molecule has 28 heavy (non-hydrogen) atoms. The Morgan fingerprint density at radius 2 is 1.71 bits per heavy atom. The number of halogens is 1. The molecule has 1 aliphatic rings. The lowest BCUT2D eigenvalue weighted by atomic mass is 10.1. The van der Waals surface area contributed by atoms with Crippen molar-refractivity contribution < 1.29 is 14.0 Å². The van der Waals surface area contributed by atoms with Crippen molar-refractivity contribution in [1.29, 1.82) is 0 Å². The highest BCUT2D eigenvalue weighted by molar-refractivity contribution is 5.88. The minimum Gasteiger partial charge on any atom is -0.352 e. The molecule has 2 aromatic carbocycles. The molecule has 5 heteroatoms. The summed E-state index contributed by atoms with van der Waals surface area (Å²) in [5.74, 6) is -0.814. The first kappa shape index (κ1) is 20.1. The fourth-order valence-electron chi connectivity index (χ4n) is 3.66. The normalized spacial score (nSPS) is 15.2. The van der Waals surface area contributed by atoms with Gasteiger partial charge in [0.2, 0.25) is 11.8 Å². The maximum Gasteiger partial charge on any atom is 0.242 e. The lowest BCUT2D eigenvalue weighted by molar-refractivity contribution is -0.140. The molecule has 0 aliphatic heterocycles. The van der Waals surface area contributed by atoms with E-state index in [1.807, 2.05) is 30.3 Å². The Morgan fingerprint density at radius 3 is 2.39 bits per heavy atom. The molecule has 0 saturated heterocycles. The van der Waals surface area contributed by atoms with Gasteiger partial charge >= 0.3 is 0 Å². The van der Waals surface area contributed by atoms with Gasteiger partial charge in [0.1, 0.15) is 11.9 Å². The van der Waals surface area contributed by atoms with Gasteiger partial charge in [0, 0.05) is 12.6 Å². The Morgan fingerprint density at radius 1 is 1.07 bits per heavy atom. The van der Waals surface area contributed by atoms with Crippen molar-refractivity contribution in [3.05, 3.63) is 71.5 Å². The summed E-state index contributed by atoms with van der Waals surface area (Å²) >= 11 is 0. The van der Waals surface area contributed by atoms with Crippen LogP contribution in [0.5, 0.6) is 0 Å². The molecule has 3 rings (SSSR count). The molecule has 2 aromatic rings. The highest BCUT2D eigenvalue weighted by Crippen LogP contribution is 2.19. The molecular formula is C23H27FN2O2. The van der Waals surface area contributed by atoms with E-state index in [2.05, 4.69) is 5.32 Å². The fraction of sp³-hybridized carbons (Fsp3) is 0.391. The van der Waals surface area contributed by atoms with Gasteiger partial charge in [-0.2, -0.15) is 0 Å². The molecule has 1 atom stereocenters. The Hall–Kier alpha value is -2.69. The standard InChI is InChI=1S/C23H27FN2O2/c1-17(23(28)25-20-12-6-7-13-20)26(16-18-9-3-2-4-10-18)22(27)15-19-11-5-8-14-21(19)24/h2-5,8-11,14,17,20H,6-7,12-13,15-16H2,1H3,(H,25,28). The molecule has 2 amide bonds. The van der Waals surface area contributed by atoms with E-state index in [-0.39, 0.29) is 24.3 Å². The number of rotatable bonds is 7. The van der Waals surface area contributed by atoms with Crippen LogP contribution in [0.25, 0.3) is 0 Å². The smallest absolute Gasteiger partial charge is 0.242 e. The van der Waals surface area contributed by atoms with Gasteiger partial charge in [-0.05, 0) is 37.0 Å². The molecule has 0 bridgehead atoms.